The summed E-state index contributed by atoms with van der Waals surface area (Å²) in [5.41, 5.74) is 5.87. The van der Waals surface area contributed by atoms with Crippen LogP contribution in [0.5, 0.6) is 5.75 Å². The Morgan fingerprint density at radius 2 is 1.78 bits per heavy atom. The molecule has 2 aromatic rings. The number of carbonyl (C=O) groups is 2. The molecule has 0 bridgehead atoms. The van der Waals surface area contributed by atoms with Gasteiger partial charge in [0.05, 0.1) is 17.9 Å². The third kappa shape index (κ3) is 4.81. The van der Waals surface area contributed by atoms with E-state index in [1.807, 2.05) is 0 Å². The molecule has 0 saturated carbocycles. The first kappa shape index (κ1) is 16.5. The minimum absolute atomic E-state index is 0.159. The van der Waals surface area contributed by atoms with Crippen molar-refractivity contribution in [1.82, 2.24) is 0 Å². The van der Waals surface area contributed by atoms with Crippen LogP contribution in [0.3, 0.4) is 0 Å². The SMILES string of the molecule is NC(=O)c1ccccc1NC(=O)CCCOc1ccccc1F. The molecule has 2 aromatic carbocycles. The largest absolute Gasteiger partial charge is 0.491 e. The van der Waals surface area contributed by atoms with E-state index < -0.39 is 11.7 Å². The standard InChI is InChI=1S/C17H17FN2O3/c18-13-7-2-4-9-15(13)23-11-5-10-16(21)20-14-8-3-1-6-12(14)17(19)22/h1-4,6-9H,5,10-11H2,(H2,19,22)(H,20,21). The van der Waals surface area contributed by atoms with Gasteiger partial charge in [-0.05, 0) is 30.7 Å². The zero-order valence-electron chi connectivity index (χ0n) is 12.4. The molecule has 120 valence electrons. The van der Waals surface area contributed by atoms with Crippen LogP contribution in [0.1, 0.15) is 23.2 Å². The Hall–Kier alpha value is -2.89. The van der Waals surface area contributed by atoms with Crippen molar-refractivity contribution in [3.8, 4) is 5.75 Å². The number of amides is 2. The molecule has 0 aliphatic rings. The van der Waals surface area contributed by atoms with Crippen LogP contribution in [-0.2, 0) is 4.79 Å². The van der Waals surface area contributed by atoms with E-state index in [0.29, 0.717) is 12.1 Å². The monoisotopic (exact) mass is 316 g/mol. The number of rotatable bonds is 7. The van der Waals surface area contributed by atoms with Gasteiger partial charge in [-0.15, -0.1) is 0 Å². The molecule has 5 nitrogen and oxygen atoms in total. The number of hydrogen-bond donors (Lipinski definition) is 2. The molecule has 0 saturated heterocycles. The van der Waals surface area contributed by atoms with Crippen LogP contribution in [0.2, 0.25) is 0 Å². The van der Waals surface area contributed by atoms with Crippen molar-refractivity contribution >= 4 is 17.5 Å². The molecule has 0 heterocycles. The number of nitrogens with one attached hydrogen (secondary N) is 1. The number of para-hydroxylation sites is 2. The first-order valence-corrected chi connectivity index (χ1v) is 7.14. The third-order valence-electron chi connectivity index (χ3n) is 3.11. The average molecular weight is 316 g/mol. The van der Waals surface area contributed by atoms with Crippen molar-refractivity contribution in [3.63, 3.8) is 0 Å². The highest BCUT2D eigenvalue weighted by atomic mass is 19.1. The van der Waals surface area contributed by atoms with Gasteiger partial charge in [-0.25, -0.2) is 4.39 Å². The van der Waals surface area contributed by atoms with E-state index in [1.165, 1.54) is 12.1 Å². The van der Waals surface area contributed by atoms with Gasteiger partial charge < -0.3 is 15.8 Å². The Bertz CT molecular complexity index is 704. The van der Waals surface area contributed by atoms with Gasteiger partial charge in [0.1, 0.15) is 0 Å². The van der Waals surface area contributed by atoms with Crippen molar-refractivity contribution < 1.29 is 18.7 Å². The highest BCUT2D eigenvalue weighted by Crippen LogP contribution is 2.16. The fourth-order valence-electron chi connectivity index (χ4n) is 2.00. The average Bonchev–Trinajstić information content (AvgIpc) is 2.53. The predicted octanol–water partition coefficient (Wildman–Crippen LogP) is 2.72. The summed E-state index contributed by atoms with van der Waals surface area (Å²) >= 11 is 0. The van der Waals surface area contributed by atoms with Crippen molar-refractivity contribution in [2.24, 2.45) is 5.73 Å². The molecule has 0 unspecified atom stereocenters. The zero-order chi connectivity index (χ0) is 16.7. The lowest BCUT2D eigenvalue weighted by molar-refractivity contribution is -0.116. The smallest absolute Gasteiger partial charge is 0.250 e. The van der Waals surface area contributed by atoms with E-state index in [-0.39, 0.29) is 30.2 Å². The van der Waals surface area contributed by atoms with Crippen LogP contribution in [-0.4, -0.2) is 18.4 Å². The summed E-state index contributed by atoms with van der Waals surface area (Å²) in [6.07, 6.45) is 0.598. The summed E-state index contributed by atoms with van der Waals surface area (Å²) in [6, 6.07) is 12.6. The molecule has 0 aliphatic heterocycles. The molecule has 0 fully saturated rings. The predicted molar refractivity (Wildman–Crippen MR) is 84.7 cm³/mol. The highest BCUT2D eigenvalue weighted by molar-refractivity contribution is 6.02. The zero-order valence-corrected chi connectivity index (χ0v) is 12.4. The fraction of sp³-hybridized carbons (Fsp3) is 0.176. The molecule has 2 amide bonds. The maximum Gasteiger partial charge on any atom is 0.250 e. The van der Waals surface area contributed by atoms with Crippen molar-refractivity contribution in [2.45, 2.75) is 12.8 Å². The van der Waals surface area contributed by atoms with E-state index in [0.717, 1.165) is 0 Å². The van der Waals surface area contributed by atoms with E-state index in [1.54, 1.807) is 36.4 Å². The van der Waals surface area contributed by atoms with Gasteiger partial charge in [0.2, 0.25) is 5.91 Å². The van der Waals surface area contributed by atoms with E-state index in [9.17, 15) is 14.0 Å². The highest BCUT2D eigenvalue weighted by Gasteiger charge is 2.10. The van der Waals surface area contributed by atoms with Crippen LogP contribution in [0.25, 0.3) is 0 Å². The van der Waals surface area contributed by atoms with Gasteiger partial charge in [0.25, 0.3) is 5.91 Å². The first-order valence-electron chi connectivity index (χ1n) is 7.14. The van der Waals surface area contributed by atoms with Crippen molar-refractivity contribution in [3.05, 3.63) is 59.9 Å². The van der Waals surface area contributed by atoms with E-state index >= 15 is 0 Å². The molecule has 23 heavy (non-hydrogen) atoms. The fourth-order valence-corrected chi connectivity index (χ4v) is 2.00. The first-order chi connectivity index (χ1) is 11.1. The van der Waals surface area contributed by atoms with Crippen LogP contribution in [0.15, 0.2) is 48.5 Å². The van der Waals surface area contributed by atoms with E-state index in [4.69, 9.17) is 10.5 Å². The number of hydrogen-bond acceptors (Lipinski definition) is 3. The number of halogens is 1. The number of nitrogens with two attached hydrogens (primary N) is 1. The van der Waals surface area contributed by atoms with Gasteiger partial charge in [-0.2, -0.15) is 0 Å². The van der Waals surface area contributed by atoms with Crippen molar-refractivity contribution in [2.75, 3.05) is 11.9 Å². The molecule has 0 spiro atoms. The van der Waals surface area contributed by atoms with Gasteiger partial charge in [0, 0.05) is 6.42 Å². The van der Waals surface area contributed by atoms with Crippen LogP contribution in [0.4, 0.5) is 10.1 Å². The Balaban J connectivity index is 1.80. The maximum atomic E-state index is 13.3. The molecule has 2 rings (SSSR count). The quantitative estimate of drug-likeness (QED) is 0.771. The molecule has 0 radical (unpaired) electrons. The number of carbonyl (C=O) groups excluding carboxylic acids is 2. The number of primary amides is 1. The molecule has 0 atom stereocenters. The van der Waals surface area contributed by atoms with Crippen LogP contribution < -0.4 is 15.8 Å². The molecular weight excluding hydrogens is 299 g/mol. The molecule has 0 aromatic heterocycles. The lowest BCUT2D eigenvalue weighted by Crippen LogP contribution is -2.18. The lowest BCUT2D eigenvalue weighted by atomic mass is 10.1. The molecule has 3 N–H and O–H groups in total. The summed E-state index contributed by atoms with van der Waals surface area (Å²) in [7, 11) is 0. The summed E-state index contributed by atoms with van der Waals surface area (Å²) in [4.78, 5) is 23.1. The van der Waals surface area contributed by atoms with Gasteiger partial charge in [0.15, 0.2) is 11.6 Å². The third-order valence-corrected chi connectivity index (χ3v) is 3.11. The van der Waals surface area contributed by atoms with E-state index in [2.05, 4.69) is 5.32 Å². The minimum atomic E-state index is -0.608. The second kappa shape index (κ2) is 7.93. The van der Waals surface area contributed by atoms with Crippen molar-refractivity contribution in [1.29, 1.82) is 0 Å². The Morgan fingerprint density at radius 1 is 1.09 bits per heavy atom. The topological polar surface area (TPSA) is 81.4 Å². The summed E-state index contributed by atoms with van der Waals surface area (Å²) in [6.45, 7) is 0.214. The summed E-state index contributed by atoms with van der Waals surface area (Å²) in [5.74, 6) is -1.15. The summed E-state index contributed by atoms with van der Waals surface area (Å²) in [5, 5.41) is 2.63. The van der Waals surface area contributed by atoms with Gasteiger partial charge >= 0.3 is 0 Å². The van der Waals surface area contributed by atoms with Crippen LogP contribution >= 0.6 is 0 Å². The van der Waals surface area contributed by atoms with Crippen LogP contribution in [0, 0.1) is 5.82 Å². The minimum Gasteiger partial charge on any atom is -0.491 e. The van der Waals surface area contributed by atoms with Gasteiger partial charge in [-0.3, -0.25) is 9.59 Å². The number of benzene rings is 2. The normalized spacial score (nSPS) is 10.1. The second-order valence-corrected chi connectivity index (χ2v) is 4.84. The lowest BCUT2D eigenvalue weighted by Gasteiger charge is -2.09. The molecule has 6 heteroatoms. The molecular formula is C17H17FN2O3. The maximum absolute atomic E-state index is 13.3. The molecule has 0 aliphatic carbocycles. The Kier molecular flexibility index (Phi) is 5.68. The summed E-state index contributed by atoms with van der Waals surface area (Å²) < 4.78 is 18.6. The Morgan fingerprint density at radius 3 is 2.52 bits per heavy atom. The number of ether oxygens (including phenoxy) is 1. The Labute approximate surface area is 133 Å². The number of anilines is 1. The second-order valence-electron chi connectivity index (χ2n) is 4.84. The van der Waals surface area contributed by atoms with Gasteiger partial charge in [-0.1, -0.05) is 24.3 Å².